The minimum Gasteiger partial charge on any atom is -0.234 e. The molecule has 2 nitrogen and oxygen atoms in total. The molecule has 5 heteroatoms. The van der Waals surface area contributed by atoms with Crippen molar-refractivity contribution in [1.82, 2.24) is 9.97 Å². The van der Waals surface area contributed by atoms with Crippen molar-refractivity contribution in [3.05, 3.63) is 41.0 Å². The topological polar surface area (TPSA) is 25.8 Å². The predicted octanol–water partition coefficient (Wildman–Crippen LogP) is 4.84. The number of nitrogens with zero attached hydrogens (tertiary/aromatic N) is 2. The molecule has 0 aliphatic rings. The average molecular weight is 337 g/mol. The lowest BCUT2D eigenvalue weighted by molar-refractivity contribution is 1.35. The van der Waals surface area contributed by atoms with E-state index >= 15 is 0 Å². The molecular formula is C13H9BrN2S2. The largest absolute Gasteiger partial charge is 0.234 e. The third kappa shape index (κ3) is 2.30. The molecule has 0 N–H and O–H groups in total. The highest BCUT2D eigenvalue weighted by Gasteiger charge is 2.07. The van der Waals surface area contributed by atoms with Gasteiger partial charge >= 0.3 is 0 Å². The van der Waals surface area contributed by atoms with Crippen molar-refractivity contribution < 1.29 is 0 Å². The van der Waals surface area contributed by atoms with Crippen molar-refractivity contribution in [2.45, 2.75) is 4.90 Å². The van der Waals surface area contributed by atoms with Crippen LogP contribution in [0.15, 0.2) is 45.9 Å². The number of pyridine rings is 1. The van der Waals surface area contributed by atoms with Crippen molar-refractivity contribution in [3.63, 3.8) is 0 Å². The van der Waals surface area contributed by atoms with Crippen LogP contribution in [0.25, 0.3) is 20.9 Å². The second-order valence-corrected chi connectivity index (χ2v) is 6.38. The van der Waals surface area contributed by atoms with Gasteiger partial charge in [0.15, 0.2) is 0 Å². The lowest BCUT2D eigenvalue weighted by Gasteiger charge is -1.97. The quantitative estimate of drug-likeness (QED) is 0.494. The third-order valence-electron chi connectivity index (χ3n) is 2.56. The molecule has 2 aromatic heterocycles. The van der Waals surface area contributed by atoms with Gasteiger partial charge in [-0.2, -0.15) is 0 Å². The Bertz CT molecular complexity index is 692. The van der Waals surface area contributed by atoms with Gasteiger partial charge in [-0.15, -0.1) is 11.8 Å². The van der Waals surface area contributed by atoms with Gasteiger partial charge in [-0.3, -0.25) is 0 Å². The van der Waals surface area contributed by atoms with Gasteiger partial charge < -0.3 is 0 Å². The second kappa shape index (κ2) is 4.99. The molecule has 0 aliphatic carbocycles. The Morgan fingerprint density at radius 3 is 2.56 bits per heavy atom. The molecule has 1 aromatic carbocycles. The number of hydrogen-bond donors (Lipinski definition) is 0. The van der Waals surface area contributed by atoms with Crippen LogP contribution in [0.4, 0.5) is 0 Å². The van der Waals surface area contributed by atoms with E-state index in [1.165, 1.54) is 4.90 Å². The molecule has 90 valence electrons. The van der Waals surface area contributed by atoms with Gasteiger partial charge in [0.25, 0.3) is 0 Å². The minimum atomic E-state index is 0.850. The molecule has 2 heterocycles. The first kappa shape index (κ1) is 12.1. The van der Waals surface area contributed by atoms with Crippen molar-refractivity contribution in [2.75, 3.05) is 6.26 Å². The number of benzene rings is 1. The van der Waals surface area contributed by atoms with Crippen LogP contribution in [0.2, 0.25) is 0 Å². The first-order valence-corrected chi connectivity index (χ1v) is 8.17. The Morgan fingerprint density at radius 1 is 1.06 bits per heavy atom. The summed E-state index contributed by atoms with van der Waals surface area (Å²) in [5.41, 5.74) is 2.10. The zero-order valence-electron chi connectivity index (χ0n) is 9.55. The normalized spacial score (nSPS) is 11.0. The molecule has 18 heavy (non-hydrogen) atoms. The van der Waals surface area contributed by atoms with E-state index in [9.17, 15) is 0 Å². The molecule has 3 rings (SSSR count). The maximum Gasteiger partial charge on any atom is 0.145 e. The van der Waals surface area contributed by atoms with E-state index in [0.29, 0.717) is 0 Å². The van der Waals surface area contributed by atoms with Crippen molar-refractivity contribution >= 4 is 49.4 Å². The number of hydrogen-bond acceptors (Lipinski definition) is 4. The van der Waals surface area contributed by atoms with E-state index in [-0.39, 0.29) is 0 Å². The summed E-state index contributed by atoms with van der Waals surface area (Å²) in [6.07, 6.45) is 2.08. The summed E-state index contributed by atoms with van der Waals surface area (Å²) in [7, 11) is 0. The van der Waals surface area contributed by atoms with Crippen LogP contribution in [0.1, 0.15) is 0 Å². The Balaban J connectivity index is 2.07. The molecule has 0 fully saturated rings. The number of thiazole rings is 1. The lowest BCUT2D eigenvalue weighted by atomic mass is 10.2. The zero-order chi connectivity index (χ0) is 12.5. The van der Waals surface area contributed by atoms with E-state index in [4.69, 9.17) is 0 Å². The number of thioether (sulfide) groups is 1. The monoisotopic (exact) mass is 336 g/mol. The molecule has 0 unspecified atom stereocenters. The predicted molar refractivity (Wildman–Crippen MR) is 82.3 cm³/mol. The van der Waals surface area contributed by atoms with Crippen LogP contribution in [-0.4, -0.2) is 16.2 Å². The molecule has 0 spiro atoms. The highest BCUT2D eigenvalue weighted by atomic mass is 79.9. The van der Waals surface area contributed by atoms with E-state index in [1.807, 2.05) is 12.1 Å². The first-order chi connectivity index (χ1) is 8.76. The maximum absolute atomic E-state index is 4.61. The summed E-state index contributed by atoms with van der Waals surface area (Å²) >= 11 is 6.74. The molecule has 0 saturated carbocycles. The summed E-state index contributed by atoms with van der Waals surface area (Å²) in [4.78, 5) is 11.3. The van der Waals surface area contributed by atoms with Gasteiger partial charge in [-0.25, -0.2) is 9.97 Å². The van der Waals surface area contributed by atoms with Gasteiger partial charge in [-0.1, -0.05) is 23.5 Å². The molecule has 0 bridgehead atoms. The Hall–Kier alpha value is -0.910. The molecular weight excluding hydrogens is 328 g/mol. The molecule has 0 amide bonds. The van der Waals surface area contributed by atoms with Gasteiger partial charge in [0, 0.05) is 10.5 Å². The van der Waals surface area contributed by atoms with Crippen LogP contribution in [0, 0.1) is 0 Å². The number of halogens is 1. The highest BCUT2D eigenvalue weighted by molar-refractivity contribution is 9.10. The van der Waals surface area contributed by atoms with Crippen molar-refractivity contribution in [1.29, 1.82) is 0 Å². The summed E-state index contributed by atoms with van der Waals surface area (Å²) in [6.45, 7) is 0. The smallest absolute Gasteiger partial charge is 0.145 e. The van der Waals surface area contributed by atoms with Crippen LogP contribution in [-0.2, 0) is 0 Å². The van der Waals surface area contributed by atoms with Gasteiger partial charge in [0.05, 0.1) is 0 Å². The van der Waals surface area contributed by atoms with Gasteiger partial charge in [0.1, 0.15) is 20.0 Å². The van der Waals surface area contributed by atoms with Gasteiger partial charge in [0.2, 0.25) is 0 Å². The number of aromatic nitrogens is 2. The van der Waals surface area contributed by atoms with Crippen LogP contribution >= 0.6 is 39.0 Å². The fourth-order valence-electron chi connectivity index (χ4n) is 1.65. The molecule has 0 atom stereocenters. The van der Waals surface area contributed by atoms with Crippen LogP contribution in [0.3, 0.4) is 0 Å². The zero-order valence-corrected chi connectivity index (χ0v) is 12.8. The minimum absolute atomic E-state index is 0.850. The number of fused-ring (bicyclic) bond motifs is 1. The van der Waals surface area contributed by atoms with E-state index in [0.717, 1.165) is 25.5 Å². The standard InChI is InChI=1S/C13H9BrN2S2/c1-17-9-4-2-8(3-5-9)12-15-10-6-7-11(14)16-13(10)18-12/h2-7H,1H3. The average Bonchev–Trinajstić information content (AvgIpc) is 2.81. The first-order valence-electron chi connectivity index (χ1n) is 5.34. The Morgan fingerprint density at radius 2 is 1.83 bits per heavy atom. The summed E-state index contributed by atoms with van der Waals surface area (Å²) < 4.78 is 0.850. The summed E-state index contributed by atoms with van der Waals surface area (Å²) in [5.74, 6) is 0. The molecule has 0 aliphatic heterocycles. The Kier molecular flexibility index (Phi) is 3.37. The van der Waals surface area contributed by atoms with Crippen LogP contribution < -0.4 is 0 Å². The number of rotatable bonds is 2. The van der Waals surface area contributed by atoms with E-state index in [2.05, 4.69) is 56.4 Å². The van der Waals surface area contributed by atoms with Crippen molar-refractivity contribution in [3.8, 4) is 10.6 Å². The van der Waals surface area contributed by atoms with Crippen molar-refractivity contribution in [2.24, 2.45) is 0 Å². The van der Waals surface area contributed by atoms with E-state index in [1.54, 1.807) is 23.1 Å². The molecule has 3 aromatic rings. The fraction of sp³-hybridized carbons (Fsp3) is 0.0769. The third-order valence-corrected chi connectivity index (χ3v) is 4.76. The SMILES string of the molecule is CSc1ccc(-c2nc3ccc(Br)nc3s2)cc1. The highest BCUT2D eigenvalue weighted by Crippen LogP contribution is 2.30. The molecule has 0 radical (unpaired) electrons. The van der Waals surface area contributed by atoms with Gasteiger partial charge in [-0.05, 0) is 46.5 Å². The second-order valence-electron chi connectivity index (χ2n) is 3.71. The maximum atomic E-state index is 4.61. The summed E-state index contributed by atoms with van der Waals surface area (Å²) in [5, 5.41) is 1.02. The summed E-state index contributed by atoms with van der Waals surface area (Å²) in [6, 6.07) is 12.4. The fourth-order valence-corrected chi connectivity index (χ4v) is 3.43. The Labute approximate surface area is 122 Å². The van der Waals surface area contributed by atoms with Crippen LogP contribution in [0.5, 0.6) is 0 Å². The molecule has 0 saturated heterocycles. The van der Waals surface area contributed by atoms with E-state index < -0.39 is 0 Å². The lowest BCUT2D eigenvalue weighted by Crippen LogP contribution is -1.76.